The van der Waals surface area contributed by atoms with Crippen LogP contribution >= 0.6 is 0 Å². The van der Waals surface area contributed by atoms with Gasteiger partial charge in [0.15, 0.2) is 11.6 Å². The van der Waals surface area contributed by atoms with Crippen LogP contribution in [-0.2, 0) is 6.54 Å². The first kappa shape index (κ1) is 19.8. The molecule has 3 aromatic carbocycles. The molecule has 32 heavy (non-hydrogen) atoms. The molecule has 5 nitrogen and oxygen atoms in total. The molecule has 4 aromatic rings. The molecule has 0 atom stereocenters. The van der Waals surface area contributed by atoms with Crippen molar-refractivity contribution in [3.8, 4) is 11.5 Å². The number of rotatable bonds is 6. The number of allylic oxidation sites excluding steroid dienone is 1. The predicted octanol–water partition coefficient (Wildman–Crippen LogP) is 5.19. The maximum atomic E-state index is 12.8. The average Bonchev–Trinajstić information content (AvgIpc) is 3.30. The predicted molar refractivity (Wildman–Crippen MR) is 124 cm³/mol. The molecule has 0 saturated heterocycles. The van der Waals surface area contributed by atoms with Crippen molar-refractivity contribution >= 4 is 28.5 Å². The molecule has 1 aromatic heterocycles. The van der Waals surface area contributed by atoms with Gasteiger partial charge in [-0.05, 0) is 36.4 Å². The fourth-order valence-corrected chi connectivity index (χ4v) is 4.07. The highest BCUT2D eigenvalue weighted by Gasteiger charge is 2.32. The number of para-hydroxylation sites is 1. The SMILES string of the molecule is COc1ccc(OCCn2cc(C=C3C(=O)c4ccccc4C3=O)c3ccccc32)cc1. The van der Waals surface area contributed by atoms with Crippen molar-refractivity contribution in [2.45, 2.75) is 6.54 Å². The molecule has 5 rings (SSSR count). The molecule has 5 heteroatoms. The minimum absolute atomic E-state index is 0.212. The van der Waals surface area contributed by atoms with Crippen LogP contribution in [-0.4, -0.2) is 29.9 Å². The van der Waals surface area contributed by atoms with Gasteiger partial charge in [-0.25, -0.2) is 0 Å². The van der Waals surface area contributed by atoms with Crippen LogP contribution in [0.4, 0.5) is 0 Å². The lowest BCUT2D eigenvalue weighted by molar-refractivity contribution is 0.0990. The third kappa shape index (κ3) is 3.48. The molecule has 0 bridgehead atoms. The number of nitrogens with zero attached hydrogens (tertiary/aromatic N) is 1. The summed E-state index contributed by atoms with van der Waals surface area (Å²) in [5.74, 6) is 1.12. The summed E-state index contributed by atoms with van der Waals surface area (Å²) in [6.45, 7) is 1.10. The van der Waals surface area contributed by atoms with E-state index in [1.165, 1.54) is 0 Å². The zero-order valence-corrected chi connectivity index (χ0v) is 17.6. The third-order valence-electron chi connectivity index (χ3n) is 5.69. The van der Waals surface area contributed by atoms with Crippen molar-refractivity contribution in [3.05, 3.63) is 101 Å². The Labute approximate surface area is 185 Å². The highest BCUT2D eigenvalue weighted by Crippen LogP contribution is 2.30. The Kier molecular flexibility index (Phi) is 5.07. The Morgan fingerprint density at radius 1 is 0.812 bits per heavy atom. The number of aromatic nitrogens is 1. The van der Waals surface area contributed by atoms with Crippen molar-refractivity contribution in [1.82, 2.24) is 4.57 Å². The van der Waals surface area contributed by atoms with Gasteiger partial charge in [0.2, 0.25) is 0 Å². The highest BCUT2D eigenvalue weighted by molar-refractivity contribution is 6.41. The van der Waals surface area contributed by atoms with Gasteiger partial charge in [0.25, 0.3) is 0 Å². The van der Waals surface area contributed by atoms with E-state index < -0.39 is 0 Å². The molecule has 0 aliphatic heterocycles. The Morgan fingerprint density at radius 3 is 2.12 bits per heavy atom. The molecule has 0 unspecified atom stereocenters. The second-order valence-corrected chi connectivity index (χ2v) is 7.58. The lowest BCUT2D eigenvalue weighted by Gasteiger charge is -2.09. The van der Waals surface area contributed by atoms with E-state index in [0.717, 1.165) is 28.0 Å². The van der Waals surface area contributed by atoms with Gasteiger partial charge in [-0.1, -0.05) is 42.5 Å². The van der Waals surface area contributed by atoms with Crippen LogP contribution in [0.2, 0.25) is 0 Å². The number of carbonyl (C=O) groups excluding carboxylic acids is 2. The maximum absolute atomic E-state index is 12.8. The van der Waals surface area contributed by atoms with Crippen molar-refractivity contribution in [2.75, 3.05) is 13.7 Å². The van der Waals surface area contributed by atoms with Crippen molar-refractivity contribution in [3.63, 3.8) is 0 Å². The topological polar surface area (TPSA) is 57.5 Å². The molecule has 158 valence electrons. The quantitative estimate of drug-likeness (QED) is 0.316. The van der Waals surface area contributed by atoms with E-state index in [2.05, 4.69) is 4.57 Å². The number of ether oxygens (including phenoxy) is 2. The van der Waals surface area contributed by atoms with Gasteiger partial charge in [-0.3, -0.25) is 9.59 Å². The number of Topliss-reactive ketones (excluding diaryl/α,β-unsaturated/α-hetero) is 2. The number of fused-ring (bicyclic) bond motifs is 2. The fourth-order valence-electron chi connectivity index (χ4n) is 4.07. The van der Waals surface area contributed by atoms with E-state index in [4.69, 9.17) is 9.47 Å². The Bertz CT molecular complexity index is 1330. The van der Waals surface area contributed by atoms with Crippen molar-refractivity contribution in [2.24, 2.45) is 0 Å². The van der Waals surface area contributed by atoms with Gasteiger partial charge in [0, 0.05) is 33.8 Å². The number of carbonyl (C=O) groups is 2. The maximum Gasteiger partial charge on any atom is 0.197 e. The van der Waals surface area contributed by atoms with Gasteiger partial charge in [-0.15, -0.1) is 0 Å². The monoisotopic (exact) mass is 423 g/mol. The number of hydrogen-bond acceptors (Lipinski definition) is 4. The van der Waals surface area contributed by atoms with Crippen LogP contribution in [0.3, 0.4) is 0 Å². The minimum atomic E-state index is -0.217. The second-order valence-electron chi connectivity index (χ2n) is 7.58. The molecular weight excluding hydrogens is 402 g/mol. The number of benzene rings is 3. The Morgan fingerprint density at radius 2 is 1.44 bits per heavy atom. The summed E-state index contributed by atoms with van der Waals surface area (Å²) < 4.78 is 13.1. The van der Waals surface area contributed by atoms with Crippen LogP contribution in [0.25, 0.3) is 17.0 Å². The molecule has 1 aliphatic rings. The van der Waals surface area contributed by atoms with Gasteiger partial charge in [0.1, 0.15) is 18.1 Å². The van der Waals surface area contributed by atoms with E-state index in [1.807, 2.05) is 54.7 Å². The Hall–Kier alpha value is -4.12. The molecule has 0 fully saturated rings. The van der Waals surface area contributed by atoms with Crippen LogP contribution in [0.1, 0.15) is 26.3 Å². The van der Waals surface area contributed by atoms with E-state index in [1.54, 1.807) is 37.5 Å². The zero-order valence-electron chi connectivity index (χ0n) is 17.6. The summed E-state index contributed by atoms with van der Waals surface area (Å²) in [5.41, 5.74) is 3.02. The van der Waals surface area contributed by atoms with Gasteiger partial charge >= 0.3 is 0 Å². The average molecular weight is 423 g/mol. The van der Waals surface area contributed by atoms with Gasteiger partial charge in [0.05, 0.1) is 19.2 Å². The van der Waals surface area contributed by atoms with E-state index in [0.29, 0.717) is 24.3 Å². The molecule has 0 radical (unpaired) electrons. The standard InChI is InChI=1S/C27H21NO4/c1-31-19-10-12-20(13-11-19)32-15-14-28-17-18(21-6-4-5-9-25(21)28)16-24-26(29)22-7-2-3-8-23(22)27(24)30/h2-13,16-17H,14-15H2,1H3. The normalized spacial score (nSPS) is 12.8. The zero-order chi connectivity index (χ0) is 22.1. The van der Waals surface area contributed by atoms with Crippen LogP contribution in [0.5, 0.6) is 11.5 Å². The summed E-state index contributed by atoms with van der Waals surface area (Å²) >= 11 is 0. The summed E-state index contributed by atoms with van der Waals surface area (Å²) in [5, 5.41) is 0.987. The van der Waals surface area contributed by atoms with Crippen molar-refractivity contribution < 1.29 is 19.1 Å². The van der Waals surface area contributed by atoms with Crippen LogP contribution in [0.15, 0.2) is 84.6 Å². The third-order valence-corrected chi connectivity index (χ3v) is 5.69. The largest absolute Gasteiger partial charge is 0.497 e. The molecule has 1 aliphatic carbocycles. The molecule has 1 heterocycles. The van der Waals surface area contributed by atoms with E-state index in [9.17, 15) is 9.59 Å². The molecule has 0 N–H and O–H groups in total. The summed E-state index contributed by atoms with van der Waals surface area (Å²) in [4.78, 5) is 25.6. The number of hydrogen-bond donors (Lipinski definition) is 0. The fraction of sp³-hybridized carbons (Fsp3) is 0.111. The van der Waals surface area contributed by atoms with Gasteiger partial charge < -0.3 is 14.0 Å². The molecule has 0 spiro atoms. The van der Waals surface area contributed by atoms with Crippen LogP contribution in [0, 0.1) is 0 Å². The second kappa shape index (κ2) is 8.19. The van der Waals surface area contributed by atoms with Crippen LogP contribution < -0.4 is 9.47 Å². The number of methoxy groups -OCH3 is 1. The van der Waals surface area contributed by atoms with Gasteiger partial charge in [-0.2, -0.15) is 0 Å². The molecule has 0 amide bonds. The Balaban J connectivity index is 1.41. The minimum Gasteiger partial charge on any atom is -0.497 e. The smallest absolute Gasteiger partial charge is 0.197 e. The van der Waals surface area contributed by atoms with Crippen molar-refractivity contribution in [1.29, 1.82) is 0 Å². The summed E-state index contributed by atoms with van der Waals surface area (Å²) in [6.07, 6.45) is 3.69. The lowest BCUT2D eigenvalue weighted by atomic mass is 10.1. The summed E-state index contributed by atoms with van der Waals surface area (Å²) in [7, 11) is 1.63. The summed E-state index contributed by atoms with van der Waals surface area (Å²) in [6, 6.07) is 22.4. The molecule has 0 saturated carbocycles. The van der Waals surface area contributed by atoms with E-state index >= 15 is 0 Å². The number of ketones is 2. The first-order chi connectivity index (χ1) is 15.7. The first-order valence-corrected chi connectivity index (χ1v) is 10.4. The highest BCUT2D eigenvalue weighted by atomic mass is 16.5. The van der Waals surface area contributed by atoms with E-state index in [-0.39, 0.29) is 17.1 Å². The first-order valence-electron chi connectivity index (χ1n) is 10.4. The molecular formula is C27H21NO4. The lowest BCUT2D eigenvalue weighted by Crippen LogP contribution is -2.07.